The van der Waals surface area contributed by atoms with Crippen LogP contribution in [0.2, 0.25) is 0 Å². The zero-order chi connectivity index (χ0) is 15.5. The average Bonchev–Trinajstić information content (AvgIpc) is 2.45. The van der Waals surface area contributed by atoms with Gasteiger partial charge in [-0.1, -0.05) is 12.1 Å². The minimum absolute atomic E-state index is 0.0923. The fourth-order valence-corrected chi connectivity index (χ4v) is 2.91. The van der Waals surface area contributed by atoms with Crippen molar-refractivity contribution in [2.45, 2.75) is 19.4 Å². The number of sulfonamides is 1. The molecule has 2 rings (SSSR count). The molecule has 3 N–H and O–H groups in total. The average molecular weight is 311 g/mol. The van der Waals surface area contributed by atoms with Crippen molar-refractivity contribution < 1.29 is 13.2 Å². The molecule has 21 heavy (non-hydrogen) atoms. The second kappa shape index (κ2) is 6.44. The highest BCUT2D eigenvalue weighted by atomic mass is 32.2. The van der Waals surface area contributed by atoms with Crippen molar-refractivity contribution in [3.05, 3.63) is 29.8 Å². The Balaban J connectivity index is 2.00. The minimum Gasteiger partial charge on any atom is -0.371 e. The number of carbonyl (C=O) groups excluding carboxylic acids is 1. The number of piperidine rings is 1. The lowest BCUT2D eigenvalue weighted by Gasteiger charge is -2.33. The zero-order valence-corrected chi connectivity index (χ0v) is 12.9. The molecule has 1 aliphatic rings. The number of hydrogen-bond acceptors (Lipinski definition) is 4. The Kier molecular flexibility index (Phi) is 4.84. The van der Waals surface area contributed by atoms with Crippen LogP contribution in [0.3, 0.4) is 0 Å². The van der Waals surface area contributed by atoms with Crippen LogP contribution in [-0.2, 0) is 21.4 Å². The Hall–Kier alpha value is -1.60. The molecule has 1 atom stereocenters. The predicted octanol–water partition coefficient (Wildman–Crippen LogP) is 0.438. The van der Waals surface area contributed by atoms with Crippen LogP contribution in [0, 0.1) is 5.92 Å². The first-order valence-electron chi connectivity index (χ1n) is 6.93. The van der Waals surface area contributed by atoms with E-state index < -0.39 is 10.0 Å². The second-order valence-corrected chi connectivity index (χ2v) is 7.28. The number of nitrogens with one attached hydrogen (secondary N) is 1. The van der Waals surface area contributed by atoms with Gasteiger partial charge in [-0.05, 0) is 30.5 Å². The summed E-state index contributed by atoms with van der Waals surface area (Å²) in [5.74, 6) is -0.334. The molecule has 0 saturated carbocycles. The van der Waals surface area contributed by atoms with Crippen molar-refractivity contribution in [1.29, 1.82) is 0 Å². The summed E-state index contributed by atoms with van der Waals surface area (Å²) in [6.07, 6.45) is 2.94. The lowest BCUT2D eigenvalue weighted by atomic mass is 9.97. The van der Waals surface area contributed by atoms with Crippen molar-refractivity contribution in [2.75, 3.05) is 24.2 Å². The molecule has 0 unspecified atom stereocenters. The number of carbonyl (C=O) groups is 1. The van der Waals surface area contributed by atoms with E-state index in [1.165, 1.54) is 0 Å². The van der Waals surface area contributed by atoms with E-state index in [4.69, 9.17) is 5.73 Å². The van der Waals surface area contributed by atoms with Gasteiger partial charge >= 0.3 is 0 Å². The van der Waals surface area contributed by atoms with Crippen molar-refractivity contribution in [1.82, 2.24) is 4.72 Å². The number of rotatable bonds is 5. The number of primary amides is 1. The Morgan fingerprint density at radius 3 is 2.62 bits per heavy atom. The number of anilines is 1. The summed E-state index contributed by atoms with van der Waals surface area (Å²) in [4.78, 5) is 13.4. The number of amides is 1. The van der Waals surface area contributed by atoms with E-state index in [0.717, 1.165) is 36.9 Å². The fraction of sp³-hybridized carbons (Fsp3) is 0.500. The van der Waals surface area contributed by atoms with E-state index in [1.807, 2.05) is 24.3 Å². The third kappa shape index (κ3) is 4.71. The first-order valence-corrected chi connectivity index (χ1v) is 8.82. The van der Waals surface area contributed by atoms with Gasteiger partial charge < -0.3 is 10.6 Å². The van der Waals surface area contributed by atoms with Crippen LogP contribution < -0.4 is 15.4 Å². The second-order valence-electron chi connectivity index (χ2n) is 5.45. The maximum atomic E-state index is 11.3. The van der Waals surface area contributed by atoms with Gasteiger partial charge in [0.2, 0.25) is 15.9 Å². The molecule has 1 aromatic carbocycles. The summed E-state index contributed by atoms with van der Waals surface area (Å²) in [6, 6.07) is 7.67. The summed E-state index contributed by atoms with van der Waals surface area (Å²) in [5, 5.41) is 0. The van der Waals surface area contributed by atoms with Crippen molar-refractivity contribution >= 4 is 21.6 Å². The maximum Gasteiger partial charge on any atom is 0.222 e. The largest absolute Gasteiger partial charge is 0.371 e. The molecule has 1 saturated heterocycles. The maximum absolute atomic E-state index is 11.3. The van der Waals surface area contributed by atoms with Crippen LogP contribution in [-0.4, -0.2) is 33.7 Å². The zero-order valence-electron chi connectivity index (χ0n) is 12.1. The van der Waals surface area contributed by atoms with E-state index in [-0.39, 0.29) is 18.4 Å². The molecule has 0 aliphatic carbocycles. The molecule has 0 bridgehead atoms. The SMILES string of the molecule is CS(=O)(=O)NCc1ccc(N2CCC[C@H](C(N)=O)C2)cc1. The summed E-state index contributed by atoms with van der Waals surface area (Å²) < 4.78 is 24.6. The van der Waals surface area contributed by atoms with Gasteiger partial charge in [-0.15, -0.1) is 0 Å². The van der Waals surface area contributed by atoms with Crippen molar-refractivity contribution in [3.8, 4) is 0 Å². The monoisotopic (exact) mass is 311 g/mol. The normalized spacial score (nSPS) is 19.5. The van der Waals surface area contributed by atoms with Crippen molar-refractivity contribution in [3.63, 3.8) is 0 Å². The Labute approximate surface area is 125 Å². The fourth-order valence-electron chi connectivity index (χ4n) is 2.48. The highest BCUT2D eigenvalue weighted by molar-refractivity contribution is 7.88. The summed E-state index contributed by atoms with van der Waals surface area (Å²) in [7, 11) is -3.18. The van der Waals surface area contributed by atoms with Gasteiger partial charge in [-0.25, -0.2) is 13.1 Å². The standard InChI is InChI=1S/C14H21N3O3S/c1-21(19,20)16-9-11-4-6-13(7-5-11)17-8-2-3-12(10-17)14(15)18/h4-7,12,16H,2-3,8-10H2,1H3,(H2,15,18)/t12-/m0/s1. The number of nitrogens with two attached hydrogens (primary N) is 1. The molecular formula is C14H21N3O3S. The van der Waals surface area contributed by atoms with Gasteiger partial charge in [0.15, 0.2) is 0 Å². The Morgan fingerprint density at radius 1 is 1.38 bits per heavy atom. The summed E-state index contributed by atoms with van der Waals surface area (Å²) in [6.45, 7) is 1.84. The molecule has 1 heterocycles. The van der Waals surface area contributed by atoms with Crippen LogP contribution in [0.15, 0.2) is 24.3 Å². The van der Waals surface area contributed by atoms with Crippen LogP contribution in [0.1, 0.15) is 18.4 Å². The van der Waals surface area contributed by atoms with Gasteiger partial charge in [0.25, 0.3) is 0 Å². The topological polar surface area (TPSA) is 92.5 Å². The first kappa shape index (κ1) is 15.8. The highest BCUT2D eigenvalue weighted by Gasteiger charge is 2.23. The molecular weight excluding hydrogens is 290 g/mol. The van der Waals surface area contributed by atoms with Gasteiger partial charge in [0.1, 0.15) is 0 Å². The molecule has 0 spiro atoms. The molecule has 1 amide bonds. The number of hydrogen-bond donors (Lipinski definition) is 2. The van der Waals surface area contributed by atoms with E-state index in [9.17, 15) is 13.2 Å². The molecule has 1 aromatic rings. The molecule has 0 radical (unpaired) electrons. The van der Waals surface area contributed by atoms with Crippen LogP contribution in [0.25, 0.3) is 0 Å². The van der Waals surface area contributed by atoms with Crippen molar-refractivity contribution in [2.24, 2.45) is 11.7 Å². The first-order chi connectivity index (χ1) is 9.85. The molecule has 6 nitrogen and oxygen atoms in total. The predicted molar refractivity (Wildman–Crippen MR) is 82.3 cm³/mol. The number of nitrogens with zero attached hydrogens (tertiary/aromatic N) is 1. The number of benzene rings is 1. The summed E-state index contributed by atoms with van der Waals surface area (Å²) >= 11 is 0. The molecule has 0 aromatic heterocycles. The smallest absolute Gasteiger partial charge is 0.222 e. The van der Waals surface area contributed by atoms with E-state index in [1.54, 1.807) is 0 Å². The van der Waals surface area contributed by atoms with Crippen LogP contribution in [0.5, 0.6) is 0 Å². The van der Waals surface area contributed by atoms with E-state index in [2.05, 4.69) is 9.62 Å². The minimum atomic E-state index is -3.18. The molecule has 1 fully saturated rings. The van der Waals surface area contributed by atoms with Gasteiger partial charge in [0, 0.05) is 25.3 Å². The Bertz CT molecular complexity index is 598. The lowest BCUT2D eigenvalue weighted by Crippen LogP contribution is -2.41. The van der Waals surface area contributed by atoms with Crippen LogP contribution >= 0.6 is 0 Å². The third-order valence-corrected chi connectivity index (χ3v) is 4.33. The van der Waals surface area contributed by atoms with Crippen LogP contribution in [0.4, 0.5) is 5.69 Å². The molecule has 1 aliphatic heterocycles. The lowest BCUT2D eigenvalue weighted by molar-refractivity contribution is -0.122. The van der Waals surface area contributed by atoms with Gasteiger partial charge in [-0.2, -0.15) is 0 Å². The molecule has 7 heteroatoms. The highest BCUT2D eigenvalue weighted by Crippen LogP contribution is 2.23. The third-order valence-electron chi connectivity index (χ3n) is 3.66. The van der Waals surface area contributed by atoms with E-state index >= 15 is 0 Å². The Morgan fingerprint density at radius 2 is 2.05 bits per heavy atom. The van der Waals surface area contributed by atoms with E-state index in [0.29, 0.717) is 6.54 Å². The summed E-state index contributed by atoms with van der Waals surface area (Å²) in [5.41, 5.74) is 7.31. The molecule has 116 valence electrons. The van der Waals surface area contributed by atoms with Gasteiger partial charge in [-0.3, -0.25) is 4.79 Å². The quantitative estimate of drug-likeness (QED) is 0.825. The van der Waals surface area contributed by atoms with Gasteiger partial charge in [0.05, 0.1) is 12.2 Å².